The summed E-state index contributed by atoms with van der Waals surface area (Å²) in [5, 5.41) is 3.24. The van der Waals surface area contributed by atoms with Crippen LogP contribution in [-0.2, 0) is 25.7 Å². The molecule has 0 fully saturated rings. The maximum atomic E-state index is 11.4. The van der Waals surface area contributed by atoms with Gasteiger partial charge in [-0.25, -0.2) is 4.98 Å². The number of aromatic nitrogens is 1. The van der Waals surface area contributed by atoms with Crippen molar-refractivity contribution in [1.29, 1.82) is 0 Å². The molecule has 20 heavy (non-hydrogen) atoms. The highest BCUT2D eigenvalue weighted by molar-refractivity contribution is 6.32. The van der Waals surface area contributed by atoms with Gasteiger partial charge < -0.3 is 14.8 Å². The third kappa shape index (κ3) is 6.70. The minimum atomic E-state index is -0.445. The molecule has 0 atom stereocenters. The van der Waals surface area contributed by atoms with Crippen molar-refractivity contribution in [2.24, 2.45) is 0 Å². The highest BCUT2D eigenvalue weighted by Gasteiger charge is 2.06. The lowest BCUT2D eigenvalue weighted by molar-refractivity contribution is -0.144. The molecule has 0 amide bonds. The van der Waals surface area contributed by atoms with Crippen LogP contribution in [0.4, 0.5) is 0 Å². The van der Waals surface area contributed by atoms with E-state index in [0.717, 1.165) is 0 Å². The lowest BCUT2D eigenvalue weighted by Gasteiger charge is -2.06. The molecule has 0 aliphatic carbocycles. The molecule has 1 N–H and O–H groups in total. The molecule has 0 unspecified atom stereocenters. The van der Waals surface area contributed by atoms with Crippen LogP contribution in [0.3, 0.4) is 0 Å². The predicted octanol–water partition coefficient (Wildman–Crippen LogP) is 1.58. The zero-order valence-corrected chi connectivity index (χ0v) is 12.3. The van der Waals surface area contributed by atoms with Crippen LogP contribution in [0, 0.1) is 0 Å². The zero-order valence-electron chi connectivity index (χ0n) is 10.8. The molecule has 1 heterocycles. The average molecular weight is 321 g/mol. The fourth-order valence-corrected chi connectivity index (χ4v) is 1.80. The van der Waals surface area contributed by atoms with Crippen LogP contribution in [0.5, 0.6) is 0 Å². The molecule has 1 aromatic rings. The summed E-state index contributed by atoms with van der Waals surface area (Å²) in [4.78, 5) is 26.0. The summed E-state index contributed by atoms with van der Waals surface area (Å²) in [5.41, 5.74) is 0.651. The minimum Gasteiger partial charge on any atom is -0.469 e. The Labute approximate surface area is 126 Å². The van der Waals surface area contributed by atoms with E-state index >= 15 is 0 Å². The van der Waals surface area contributed by atoms with Gasteiger partial charge in [-0.1, -0.05) is 23.2 Å². The Morgan fingerprint density at radius 2 is 1.90 bits per heavy atom. The number of rotatable bonds is 7. The van der Waals surface area contributed by atoms with Crippen molar-refractivity contribution in [3.05, 3.63) is 28.0 Å². The van der Waals surface area contributed by atoms with E-state index in [4.69, 9.17) is 27.9 Å². The van der Waals surface area contributed by atoms with Crippen molar-refractivity contribution in [2.75, 3.05) is 20.2 Å². The molecule has 0 saturated heterocycles. The molecule has 0 radical (unpaired) electrons. The Morgan fingerprint density at radius 1 is 1.25 bits per heavy atom. The number of nitrogens with one attached hydrogen (secondary N) is 1. The van der Waals surface area contributed by atoms with Crippen molar-refractivity contribution in [2.45, 2.75) is 13.0 Å². The molecular weight excluding hydrogens is 307 g/mol. The standard InChI is InChI=1S/C12H14Cl2N2O4/c1-19-11(17)2-3-15-6-12(18)20-7-8-4-9(13)16-10(14)5-8/h4-5,15H,2-3,6-7H2,1H3. The summed E-state index contributed by atoms with van der Waals surface area (Å²) in [7, 11) is 1.31. The summed E-state index contributed by atoms with van der Waals surface area (Å²) >= 11 is 11.4. The molecule has 1 rings (SSSR count). The third-order valence-electron chi connectivity index (χ3n) is 2.23. The Hall–Kier alpha value is -1.37. The van der Waals surface area contributed by atoms with E-state index in [1.54, 1.807) is 12.1 Å². The van der Waals surface area contributed by atoms with Gasteiger partial charge >= 0.3 is 11.9 Å². The Balaban J connectivity index is 2.24. The molecular formula is C12H14Cl2N2O4. The first-order chi connectivity index (χ1) is 9.51. The first kappa shape index (κ1) is 16.7. The molecule has 1 aromatic heterocycles. The van der Waals surface area contributed by atoms with Gasteiger partial charge in [0.1, 0.15) is 16.9 Å². The van der Waals surface area contributed by atoms with E-state index in [-0.39, 0.29) is 35.8 Å². The Bertz CT molecular complexity index is 462. The van der Waals surface area contributed by atoms with Crippen LogP contribution >= 0.6 is 23.2 Å². The first-order valence-electron chi connectivity index (χ1n) is 5.76. The average Bonchev–Trinajstić information content (AvgIpc) is 2.40. The number of carbonyl (C=O) groups excluding carboxylic acids is 2. The maximum absolute atomic E-state index is 11.4. The van der Waals surface area contributed by atoms with Gasteiger partial charge in [-0.3, -0.25) is 9.59 Å². The van der Waals surface area contributed by atoms with Crippen molar-refractivity contribution in [1.82, 2.24) is 10.3 Å². The maximum Gasteiger partial charge on any atom is 0.320 e. The second kappa shape index (κ2) is 8.73. The quantitative estimate of drug-likeness (QED) is 0.467. The Kier molecular flexibility index (Phi) is 7.28. The van der Waals surface area contributed by atoms with Gasteiger partial charge in [-0.15, -0.1) is 0 Å². The van der Waals surface area contributed by atoms with Gasteiger partial charge in [0.05, 0.1) is 20.1 Å². The summed E-state index contributed by atoms with van der Waals surface area (Å²) in [6, 6.07) is 3.12. The minimum absolute atomic E-state index is 0.00351. The van der Waals surface area contributed by atoms with E-state index in [0.29, 0.717) is 12.1 Å². The van der Waals surface area contributed by atoms with Crippen molar-refractivity contribution >= 4 is 35.1 Å². The van der Waals surface area contributed by atoms with E-state index in [1.807, 2.05) is 0 Å². The van der Waals surface area contributed by atoms with Crippen LogP contribution in [0.25, 0.3) is 0 Å². The fourth-order valence-electron chi connectivity index (χ4n) is 1.30. The number of esters is 2. The molecule has 0 aliphatic rings. The molecule has 0 aromatic carbocycles. The van der Waals surface area contributed by atoms with Crippen LogP contribution in [0.1, 0.15) is 12.0 Å². The van der Waals surface area contributed by atoms with Crippen molar-refractivity contribution in [3.63, 3.8) is 0 Å². The van der Waals surface area contributed by atoms with Crippen LogP contribution < -0.4 is 5.32 Å². The van der Waals surface area contributed by atoms with Crippen LogP contribution in [-0.4, -0.2) is 37.1 Å². The number of pyridine rings is 1. The van der Waals surface area contributed by atoms with Gasteiger partial charge in [0.15, 0.2) is 0 Å². The van der Waals surface area contributed by atoms with Crippen molar-refractivity contribution in [3.8, 4) is 0 Å². The number of halogens is 2. The second-order valence-electron chi connectivity index (χ2n) is 3.78. The number of hydrogen-bond donors (Lipinski definition) is 1. The summed E-state index contributed by atoms with van der Waals surface area (Å²) < 4.78 is 9.47. The van der Waals surface area contributed by atoms with E-state index in [2.05, 4.69) is 15.0 Å². The van der Waals surface area contributed by atoms with Gasteiger partial charge in [-0.05, 0) is 17.7 Å². The topological polar surface area (TPSA) is 77.5 Å². The lowest BCUT2D eigenvalue weighted by Crippen LogP contribution is -2.27. The summed E-state index contributed by atoms with van der Waals surface area (Å²) in [6.45, 7) is 0.400. The zero-order chi connectivity index (χ0) is 15.0. The monoisotopic (exact) mass is 320 g/mol. The first-order valence-corrected chi connectivity index (χ1v) is 6.52. The second-order valence-corrected chi connectivity index (χ2v) is 4.56. The van der Waals surface area contributed by atoms with Crippen LogP contribution in [0.2, 0.25) is 10.3 Å². The molecule has 0 aliphatic heterocycles. The van der Waals surface area contributed by atoms with E-state index in [1.165, 1.54) is 7.11 Å². The highest BCUT2D eigenvalue weighted by Crippen LogP contribution is 2.15. The van der Waals surface area contributed by atoms with Crippen molar-refractivity contribution < 1.29 is 19.1 Å². The number of ether oxygens (including phenoxy) is 2. The van der Waals surface area contributed by atoms with Gasteiger partial charge in [0, 0.05) is 6.54 Å². The molecule has 6 nitrogen and oxygen atoms in total. The van der Waals surface area contributed by atoms with E-state index in [9.17, 15) is 9.59 Å². The smallest absolute Gasteiger partial charge is 0.320 e. The Morgan fingerprint density at radius 3 is 2.50 bits per heavy atom. The van der Waals surface area contributed by atoms with E-state index < -0.39 is 5.97 Å². The summed E-state index contributed by atoms with van der Waals surface area (Å²) in [5.74, 6) is -0.786. The predicted molar refractivity (Wildman–Crippen MR) is 73.6 cm³/mol. The lowest BCUT2D eigenvalue weighted by atomic mass is 10.3. The fraction of sp³-hybridized carbons (Fsp3) is 0.417. The third-order valence-corrected chi connectivity index (χ3v) is 2.61. The molecule has 0 spiro atoms. The molecule has 0 saturated carbocycles. The van der Waals surface area contributed by atoms with Gasteiger partial charge in [0.25, 0.3) is 0 Å². The normalized spacial score (nSPS) is 10.2. The van der Waals surface area contributed by atoms with Crippen LogP contribution in [0.15, 0.2) is 12.1 Å². The molecule has 8 heteroatoms. The number of hydrogen-bond acceptors (Lipinski definition) is 6. The van der Waals surface area contributed by atoms with Gasteiger partial charge in [0.2, 0.25) is 0 Å². The molecule has 110 valence electrons. The van der Waals surface area contributed by atoms with Gasteiger partial charge in [-0.2, -0.15) is 0 Å². The number of nitrogens with zero attached hydrogens (tertiary/aromatic N) is 1. The summed E-state index contributed by atoms with van der Waals surface area (Å²) in [6.07, 6.45) is 0.194. The number of methoxy groups -OCH3 is 1. The molecule has 0 bridgehead atoms. The highest BCUT2D eigenvalue weighted by atomic mass is 35.5. The SMILES string of the molecule is COC(=O)CCNCC(=O)OCc1cc(Cl)nc(Cl)c1. The largest absolute Gasteiger partial charge is 0.469 e. The number of carbonyl (C=O) groups is 2.